The Balaban J connectivity index is 1.63. The van der Waals surface area contributed by atoms with Gasteiger partial charge in [0.2, 0.25) is 5.91 Å². The Hall–Kier alpha value is -0.690. The molecule has 0 bridgehead atoms. The molecule has 0 unspecified atom stereocenters. The van der Waals surface area contributed by atoms with Crippen LogP contribution in [-0.2, 0) is 4.79 Å². The number of hydrogen-bond acceptors (Lipinski definition) is 5. The Labute approximate surface area is 128 Å². The van der Waals surface area contributed by atoms with Crippen LogP contribution in [0.15, 0.2) is 0 Å². The quantitative estimate of drug-likeness (QED) is 0.696. The first-order valence-corrected chi connectivity index (χ1v) is 8.10. The smallest absolute Gasteiger partial charge is 0.223 e. The fraction of sp³-hybridized carbons (Fsp3) is 0.933. The summed E-state index contributed by atoms with van der Waals surface area (Å²) in [6.45, 7) is 12.8. The number of hydrogen-bond donors (Lipinski definition) is 2. The molecule has 122 valence electrons. The molecule has 0 radical (unpaired) electrons. The Morgan fingerprint density at radius 1 is 1.05 bits per heavy atom. The lowest BCUT2D eigenvalue weighted by atomic mass is 10.1. The molecule has 2 aliphatic rings. The molecule has 0 aliphatic carbocycles. The second kappa shape index (κ2) is 7.54. The van der Waals surface area contributed by atoms with Gasteiger partial charge in [-0.25, -0.2) is 0 Å². The predicted molar refractivity (Wildman–Crippen MR) is 83.2 cm³/mol. The fourth-order valence-corrected chi connectivity index (χ4v) is 3.04. The Morgan fingerprint density at radius 3 is 2.19 bits per heavy atom. The van der Waals surface area contributed by atoms with Crippen LogP contribution in [-0.4, -0.2) is 96.8 Å². The van der Waals surface area contributed by atoms with E-state index in [2.05, 4.69) is 15.1 Å². The van der Waals surface area contributed by atoms with E-state index in [-0.39, 0.29) is 5.91 Å². The molecule has 0 atom stereocenters. The van der Waals surface area contributed by atoms with Crippen molar-refractivity contribution in [2.45, 2.75) is 25.9 Å². The molecule has 2 N–H and O–H groups in total. The van der Waals surface area contributed by atoms with E-state index in [0.29, 0.717) is 6.42 Å². The van der Waals surface area contributed by atoms with E-state index in [1.54, 1.807) is 0 Å². The normalized spacial score (nSPS) is 22.5. The minimum absolute atomic E-state index is 0.287. The number of carbonyl (C=O) groups is 1. The Kier molecular flexibility index (Phi) is 5.98. The van der Waals surface area contributed by atoms with Gasteiger partial charge in [-0.2, -0.15) is 0 Å². The topological polar surface area (TPSA) is 59.1 Å². The minimum atomic E-state index is -0.625. The summed E-state index contributed by atoms with van der Waals surface area (Å²) in [5.74, 6) is 0.287. The average molecular weight is 298 g/mol. The van der Waals surface area contributed by atoms with Gasteiger partial charge in [0, 0.05) is 71.9 Å². The molecule has 0 aromatic carbocycles. The number of amides is 1. The molecule has 0 spiro atoms. The van der Waals surface area contributed by atoms with Gasteiger partial charge in [0.15, 0.2) is 0 Å². The summed E-state index contributed by atoms with van der Waals surface area (Å²) in [4.78, 5) is 18.8. The van der Waals surface area contributed by atoms with Gasteiger partial charge in [0.05, 0.1) is 5.60 Å². The van der Waals surface area contributed by atoms with Crippen LogP contribution in [0.1, 0.15) is 20.3 Å². The van der Waals surface area contributed by atoms with Crippen molar-refractivity contribution in [1.82, 2.24) is 20.0 Å². The van der Waals surface area contributed by atoms with Crippen molar-refractivity contribution in [3.8, 4) is 0 Å². The molecule has 6 nitrogen and oxygen atoms in total. The van der Waals surface area contributed by atoms with E-state index in [0.717, 1.165) is 65.4 Å². The van der Waals surface area contributed by atoms with Gasteiger partial charge < -0.3 is 20.2 Å². The molecule has 0 aromatic rings. The lowest BCUT2D eigenvalue weighted by Gasteiger charge is -2.37. The van der Waals surface area contributed by atoms with E-state index >= 15 is 0 Å². The fourth-order valence-electron chi connectivity index (χ4n) is 3.04. The van der Waals surface area contributed by atoms with Crippen molar-refractivity contribution in [2.24, 2.45) is 0 Å². The van der Waals surface area contributed by atoms with Gasteiger partial charge in [-0.15, -0.1) is 0 Å². The van der Waals surface area contributed by atoms with Crippen molar-refractivity contribution in [2.75, 3.05) is 65.4 Å². The van der Waals surface area contributed by atoms with Crippen molar-refractivity contribution < 1.29 is 9.90 Å². The number of nitrogens with zero attached hydrogens (tertiary/aromatic N) is 3. The molecule has 0 aromatic heterocycles. The summed E-state index contributed by atoms with van der Waals surface area (Å²) in [6.07, 6.45) is 0.630. The first-order chi connectivity index (χ1) is 9.94. The SMILES string of the molecule is CC(C)(O)CN1CCN(CCC(=O)N2CCNCC2)CC1. The molecule has 2 saturated heterocycles. The molecule has 21 heavy (non-hydrogen) atoms. The van der Waals surface area contributed by atoms with Crippen LogP contribution in [0.5, 0.6) is 0 Å². The van der Waals surface area contributed by atoms with Gasteiger partial charge in [0.1, 0.15) is 0 Å². The molecule has 1 amide bonds. The summed E-state index contributed by atoms with van der Waals surface area (Å²) in [5, 5.41) is 13.1. The summed E-state index contributed by atoms with van der Waals surface area (Å²) < 4.78 is 0. The van der Waals surface area contributed by atoms with Crippen molar-refractivity contribution in [3.05, 3.63) is 0 Å². The van der Waals surface area contributed by atoms with E-state index in [1.165, 1.54) is 0 Å². The van der Waals surface area contributed by atoms with Gasteiger partial charge in [-0.1, -0.05) is 0 Å². The highest BCUT2D eigenvalue weighted by Gasteiger charge is 2.23. The molecule has 0 saturated carbocycles. The maximum atomic E-state index is 12.1. The lowest BCUT2D eigenvalue weighted by molar-refractivity contribution is -0.132. The van der Waals surface area contributed by atoms with E-state index < -0.39 is 5.60 Å². The van der Waals surface area contributed by atoms with Crippen LogP contribution < -0.4 is 5.32 Å². The standard InChI is InChI=1S/C15H30N4O2/c1-15(2,21)13-18-11-9-17(10-12-18)6-3-14(20)19-7-4-16-5-8-19/h16,21H,3-13H2,1-2H3. The highest BCUT2D eigenvalue weighted by Crippen LogP contribution is 2.09. The summed E-state index contributed by atoms with van der Waals surface area (Å²) >= 11 is 0. The van der Waals surface area contributed by atoms with Crippen LogP contribution in [0.2, 0.25) is 0 Å². The van der Waals surface area contributed by atoms with E-state index in [4.69, 9.17) is 0 Å². The number of β-amino-alcohol motifs (C(OH)–C–C–N with tert-alkyl or cyclic N) is 1. The van der Waals surface area contributed by atoms with E-state index in [9.17, 15) is 9.90 Å². The zero-order valence-electron chi connectivity index (χ0n) is 13.5. The minimum Gasteiger partial charge on any atom is -0.389 e. The number of carbonyl (C=O) groups excluding carboxylic acids is 1. The lowest BCUT2D eigenvalue weighted by Crippen LogP contribution is -2.51. The molecule has 2 fully saturated rings. The summed E-state index contributed by atoms with van der Waals surface area (Å²) in [5.41, 5.74) is -0.625. The van der Waals surface area contributed by atoms with Crippen LogP contribution in [0.25, 0.3) is 0 Å². The third kappa shape index (κ3) is 5.90. The zero-order chi connectivity index (χ0) is 15.3. The van der Waals surface area contributed by atoms with Crippen molar-refractivity contribution in [3.63, 3.8) is 0 Å². The maximum Gasteiger partial charge on any atom is 0.223 e. The van der Waals surface area contributed by atoms with Gasteiger partial charge in [0.25, 0.3) is 0 Å². The summed E-state index contributed by atoms with van der Waals surface area (Å²) in [6, 6.07) is 0. The number of piperazine rings is 2. The van der Waals surface area contributed by atoms with Crippen LogP contribution in [0, 0.1) is 0 Å². The van der Waals surface area contributed by atoms with Crippen molar-refractivity contribution in [1.29, 1.82) is 0 Å². The third-order valence-electron chi connectivity index (χ3n) is 4.19. The molecular weight excluding hydrogens is 268 g/mol. The second-order valence-electron chi connectivity index (χ2n) is 6.81. The first-order valence-electron chi connectivity index (χ1n) is 8.10. The number of nitrogens with one attached hydrogen (secondary N) is 1. The van der Waals surface area contributed by atoms with Crippen LogP contribution in [0.4, 0.5) is 0 Å². The number of aliphatic hydroxyl groups is 1. The van der Waals surface area contributed by atoms with E-state index in [1.807, 2.05) is 18.7 Å². The van der Waals surface area contributed by atoms with Gasteiger partial charge in [-0.05, 0) is 13.8 Å². The first kappa shape index (κ1) is 16.7. The second-order valence-corrected chi connectivity index (χ2v) is 6.81. The van der Waals surface area contributed by atoms with Crippen LogP contribution in [0.3, 0.4) is 0 Å². The van der Waals surface area contributed by atoms with Crippen molar-refractivity contribution >= 4 is 5.91 Å². The highest BCUT2D eigenvalue weighted by molar-refractivity contribution is 5.76. The molecule has 2 aliphatic heterocycles. The highest BCUT2D eigenvalue weighted by atomic mass is 16.3. The summed E-state index contributed by atoms with van der Waals surface area (Å²) in [7, 11) is 0. The maximum absolute atomic E-state index is 12.1. The Bertz CT molecular complexity index is 329. The van der Waals surface area contributed by atoms with Gasteiger partial charge >= 0.3 is 0 Å². The number of rotatable bonds is 5. The zero-order valence-corrected chi connectivity index (χ0v) is 13.5. The largest absolute Gasteiger partial charge is 0.389 e. The average Bonchev–Trinajstić information content (AvgIpc) is 2.45. The van der Waals surface area contributed by atoms with Gasteiger partial charge in [-0.3, -0.25) is 9.69 Å². The van der Waals surface area contributed by atoms with Crippen LogP contribution >= 0.6 is 0 Å². The molecule has 2 rings (SSSR count). The molecular formula is C15H30N4O2. The molecule has 2 heterocycles. The monoisotopic (exact) mass is 298 g/mol. The predicted octanol–water partition coefficient (Wildman–Crippen LogP) is -0.803. The molecule has 6 heteroatoms. The third-order valence-corrected chi connectivity index (χ3v) is 4.19. The Morgan fingerprint density at radius 2 is 1.62 bits per heavy atom.